The fraction of sp³-hybridized carbons (Fsp3) is 0.0769. The maximum absolute atomic E-state index is 13.7. The molecule has 0 saturated heterocycles. The molecule has 2 aromatic rings. The van der Waals surface area contributed by atoms with Crippen LogP contribution in [0.25, 0.3) is 11.1 Å². The van der Waals surface area contributed by atoms with Crippen LogP contribution in [0.2, 0.25) is 0 Å². The first-order chi connectivity index (χ1) is 9.34. The van der Waals surface area contributed by atoms with Crippen LogP contribution >= 0.6 is 0 Å². The van der Waals surface area contributed by atoms with E-state index in [1.807, 2.05) is 0 Å². The lowest BCUT2D eigenvalue weighted by molar-refractivity contribution is -0.384. The molecule has 0 bridgehead atoms. The molecule has 0 aliphatic heterocycles. The van der Waals surface area contributed by atoms with Crippen molar-refractivity contribution in [2.75, 3.05) is 0 Å². The Morgan fingerprint density at radius 1 is 0.900 bits per heavy atom. The van der Waals surface area contributed by atoms with Gasteiger partial charge in [0.1, 0.15) is 0 Å². The highest BCUT2D eigenvalue weighted by Crippen LogP contribution is 2.32. The molecule has 0 aromatic heterocycles. The highest BCUT2D eigenvalue weighted by atomic mass is 19.2. The molecule has 0 N–H and O–H groups in total. The van der Waals surface area contributed by atoms with E-state index in [9.17, 15) is 27.7 Å². The minimum absolute atomic E-state index is 0.191. The van der Waals surface area contributed by atoms with Gasteiger partial charge in [0.05, 0.1) is 10.5 Å². The zero-order chi connectivity index (χ0) is 15.0. The van der Waals surface area contributed by atoms with E-state index in [4.69, 9.17) is 0 Å². The Balaban J connectivity index is 2.67. The summed E-state index contributed by atoms with van der Waals surface area (Å²) in [5, 5.41) is 10.5. The van der Waals surface area contributed by atoms with E-state index in [0.29, 0.717) is 0 Å². The summed E-state index contributed by atoms with van der Waals surface area (Å²) in [5.41, 5.74) is -2.14. The summed E-state index contributed by atoms with van der Waals surface area (Å²) in [6, 6.07) is 4.02. The lowest BCUT2D eigenvalue weighted by Crippen LogP contribution is -2.03. The average Bonchev–Trinajstić information content (AvgIpc) is 2.44. The van der Waals surface area contributed by atoms with Crippen molar-refractivity contribution in [3.05, 3.63) is 63.2 Å². The average molecular weight is 285 g/mol. The highest BCUT2D eigenvalue weighted by molar-refractivity contribution is 5.67. The summed E-state index contributed by atoms with van der Waals surface area (Å²) in [7, 11) is 0. The van der Waals surface area contributed by atoms with Gasteiger partial charge in [-0.3, -0.25) is 10.1 Å². The molecule has 0 radical (unpaired) electrons. The molecule has 7 heteroatoms. The minimum Gasteiger partial charge on any atom is -0.258 e. The minimum atomic E-state index is -1.53. The van der Waals surface area contributed by atoms with E-state index in [1.165, 1.54) is 0 Å². The number of halogens is 4. The molecule has 104 valence electrons. The second-order valence-electron chi connectivity index (χ2n) is 4.06. The zero-order valence-corrected chi connectivity index (χ0v) is 10.1. The van der Waals surface area contributed by atoms with Crippen LogP contribution in [0.5, 0.6) is 0 Å². The largest absolute Gasteiger partial charge is 0.269 e. The van der Waals surface area contributed by atoms with Crippen molar-refractivity contribution in [1.29, 1.82) is 0 Å². The Bertz CT molecular complexity index is 670. The van der Waals surface area contributed by atoms with Crippen LogP contribution in [0.4, 0.5) is 23.2 Å². The molecule has 0 unspecified atom stereocenters. The summed E-state index contributed by atoms with van der Waals surface area (Å²) >= 11 is 0. The first kappa shape index (κ1) is 14.0. The Morgan fingerprint density at radius 2 is 1.35 bits per heavy atom. The summed E-state index contributed by atoms with van der Waals surface area (Å²) in [5.74, 6) is -6.04. The molecule has 0 fully saturated rings. The van der Waals surface area contributed by atoms with E-state index in [-0.39, 0.29) is 11.3 Å². The normalized spacial score (nSPS) is 10.7. The molecule has 0 atom stereocenters. The Hall–Kier alpha value is -2.44. The molecule has 0 aliphatic rings. The van der Waals surface area contributed by atoms with Gasteiger partial charge in [-0.25, -0.2) is 17.6 Å². The van der Waals surface area contributed by atoms with Gasteiger partial charge >= 0.3 is 0 Å². The molecular formula is C13H7F4NO2. The summed E-state index contributed by atoms with van der Waals surface area (Å²) in [6.45, 7) is 0.913. The maximum atomic E-state index is 13.7. The van der Waals surface area contributed by atoms with E-state index in [1.54, 1.807) is 0 Å². The molecule has 20 heavy (non-hydrogen) atoms. The SMILES string of the molecule is Cc1c(F)c(F)c(-c2ccc([N+](=O)[O-])cc2)c(F)c1F. The van der Waals surface area contributed by atoms with Gasteiger partial charge in [-0.1, -0.05) is 0 Å². The quantitative estimate of drug-likeness (QED) is 0.360. The third-order valence-corrected chi connectivity index (χ3v) is 2.85. The standard InChI is InChI=1S/C13H7F4NO2/c1-6-10(14)12(16)9(13(17)11(6)15)7-2-4-8(5-3-7)18(19)20/h2-5H,1H3. The van der Waals surface area contributed by atoms with Gasteiger partial charge in [0.15, 0.2) is 23.3 Å². The van der Waals surface area contributed by atoms with Gasteiger partial charge in [0.2, 0.25) is 0 Å². The summed E-state index contributed by atoms with van der Waals surface area (Å²) < 4.78 is 54.3. The second kappa shape index (κ2) is 4.92. The number of hydrogen-bond acceptors (Lipinski definition) is 2. The number of nitro groups is 1. The number of nitro benzene ring substituents is 1. The van der Waals surface area contributed by atoms with Crippen molar-refractivity contribution in [3.63, 3.8) is 0 Å². The molecule has 0 spiro atoms. The van der Waals surface area contributed by atoms with Crippen molar-refractivity contribution < 1.29 is 22.5 Å². The molecule has 0 amide bonds. The van der Waals surface area contributed by atoms with Crippen LogP contribution in [0.15, 0.2) is 24.3 Å². The fourth-order valence-electron chi connectivity index (χ4n) is 1.74. The number of non-ortho nitro benzene ring substituents is 1. The predicted molar refractivity (Wildman–Crippen MR) is 63.1 cm³/mol. The van der Waals surface area contributed by atoms with Crippen LogP contribution in [0.1, 0.15) is 5.56 Å². The summed E-state index contributed by atoms with van der Waals surface area (Å²) in [6.07, 6.45) is 0. The molecule has 2 aromatic carbocycles. The monoisotopic (exact) mass is 285 g/mol. The smallest absolute Gasteiger partial charge is 0.258 e. The van der Waals surface area contributed by atoms with Gasteiger partial charge in [0, 0.05) is 17.7 Å². The van der Waals surface area contributed by atoms with Gasteiger partial charge in [-0.05, 0) is 24.6 Å². The summed E-state index contributed by atoms with van der Waals surface area (Å²) in [4.78, 5) is 9.77. The Kier molecular flexibility index (Phi) is 3.44. The van der Waals surface area contributed by atoms with Crippen molar-refractivity contribution in [2.45, 2.75) is 6.92 Å². The molecule has 0 heterocycles. The third-order valence-electron chi connectivity index (χ3n) is 2.85. The fourth-order valence-corrected chi connectivity index (χ4v) is 1.74. The van der Waals surface area contributed by atoms with Crippen molar-refractivity contribution in [3.8, 4) is 11.1 Å². The topological polar surface area (TPSA) is 43.1 Å². The van der Waals surface area contributed by atoms with Crippen LogP contribution < -0.4 is 0 Å². The van der Waals surface area contributed by atoms with Gasteiger partial charge < -0.3 is 0 Å². The van der Waals surface area contributed by atoms with Crippen LogP contribution in [-0.2, 0) is 0 Å². The van der Waals surface area contributed by atoms with Crippen LogP contribution in [-0.4, -0.2) is 4.92 Å². The molecule has 0 aliphatic carbocycles. The van der Waals surface area contributed by atoms with Crippen molar-refractivity contribution in [1.82, 2.24) is 0 Å². The maximum Gasteiger partial charge on any atom is 0.269 e. The second-order valence-corrected chi connectivity index (χ2v) is 4.06. The zero-order valence-electron chi connectivity index (χ0n) is 10.1. The van der Waals surface area contributed by atoms with Crippen molar-refractivity contribution >= 4 is 5.69 Å². The van der Waals surface area contributed by atoms with E-state index >= 15 is 0 Å². The van der Waals surface area contributed by atoms with E-state index < -0.39 is 39.3 Å². The van der Waals surface area contributed by atoms with Crippen molar-refractivity contribution in [2.24, 2.45) is 0 Å². The Morgan fingerprint density at radius 3 is 1.75 bits per heavy atom. The predicted octanol–water partition coefficient (Wildman–Crippen LogP) is 4.13. The number of hydrogen-bond donors (Lipinski definition) is 0. The van der Waals surface area contributed by atoms with Gasteiger partial charge in [0.25, 0.3) is 5.69 Å². The Labute approximate surface area is 110 Å². The lowest BCUT2D eigenvalue weighted by atomic mass is 10.0. The molecule has 0 saturated carbocycles. The van der Waals surface area contributed by atoms with Crippen LogP contribution in [0.3, 0.4) is 0 Å². The number of rotatable bonds is 2. The molecular weight excluding hydrogens is 278 g/mol. The van der Waals surface area contributed by atoms with Gasteiger partial charge in [-0.15, -0.1) is 0 Å². The number of benzene rings is 2. The van der Waals surface area contributed by atoms with E-state index in [0.717, 1.165) is 31.2 Å². The van der Waals surface area contributed by atoms with Gasteiger partial charge in [-0.2, -0.15) is 0 Å². The van der Waals surface area contributed by atoms with Crippen LogP contribution in [0, 0.1) is 40.3 Å². The highest BCUT2D eigenvalue weighted by Gasteiger charge is 2.24. The molecule has 2 rings (SSSR count). The third kappa shape index (κ3) is 2.11. The lowest BCUT2D eigenvalue weighted by Gasteiger charge is -2.09. The van der Waals surface area contributed by atoms with E-state index in [2.05, 4.69) is 0 Å². The first-order valence-corrected chi connectivity index (χ1v) is 5.42. The first-order valence-electron chi connectivity index (χ1n) is 5.42. The molecule has 3 nitrogen and oxygen atoms in total. The number of nitrogens with zero attached hydrogens (tertiary/aromatic N) is 1.